The molecular weight excluding hydrogens is 378 g/mol. The second-order valence-corrected chi connectivity index (χ2v) is 7.52. The fourth-order valence-electron chi connectivity index (χ4n) is 2.12. The van der Waals surface area contributed by atoms with E-state index in [0.29, 0.717) is 21.5 Å². The Morgan fingerprint density at radius 3 is 2.84 bits per heavy atom. The topological polar surface area (TPSA) is 72.7 Å². The molecule has 0 atom stereocenters. The van der Waals surface area contributed by atoms with Crippen LogP contribution in [0.5, 0.6) is 0 Å². The van der Waals surface area contributed by atoms with Crippen LogP contribution in [-0.2, 0) is 0 Å². The number of nitrogens with zero attached hydrogens (tertiary/aromatic N) is 4. The van der Waals surface area contributed by atoms with E-state index >= 15 is 0 Å². The highest BCUT2D eigenvalue weighted by molar-refractivity contribution is 7.23. The lowest BCUT2D eigenvalue weighted by Gasteiger charge is -2.04. The van der Waals surface area contributed by atoms with Crippen molar-refractivity contribution in [3.8, 4) is 15.7 Å². The minimum absolute atomic E-state index is 0.279. The molecule has 124 valence electrons. The van der Waals surface area contributed by atoms with Gasteiger partial charge in [0.1, 0.15) is 10.7 Å². The summed E-state index contributed by atoms with van der Waals surface area (Å²) >= 11 is 8.78. The maximum Gasteiger partial charge on any atom is 0.275 e. The lowest BCUT2D eigenvalue weighted by Crippen LogP contribution is -2.12. The molecule has 0 fully saturated rings. The minimum Gasteiger partial charge on any atom is -0.319 e. The quantitative estimate of drug-likeness (QED) is 0.564. The number of amides is 1. The van der Waals surface area contributed by atoms with Crippen LogP contribution < -0.4 is 5.32 Å². The van der Waals surface area contributed by atoms with Crippen molar-refractivity contribution < 1.29 is 4.79 Å². The number of nitrogens with one attached hydrogen (secondary N) is 1. The molecule has 0 unspecified atom stereocenters. The standard InChI is InChI=1S/C16H10ClN5OS2/c17-13-4-3-12(25-13)16-21-11(9-24-16)15(23)20-10-2-5-14(18-8-10)22-7-1-6-19-22/h1-9H,(H,20,23). The molecule has 0 aliphatic carbocycles. The molecule has 4 aromatic heterocycles. The Labute approximate surface area is 155 Å². The molecule has 0 saturated heterocycles. The van der Waals surface area contributed by atoms with Crippen LogP contribution in [0.15, 0.2) is 54.3 Å². The van der Waals surface area contributed by atoms with Crippen molar-refractivity contribution in [3.05, 3.63) is 64.3 Å². The first-order chi connectivity index (χ1) is 12.2. The number of anilines is 1. The number of thiazole rings is 1. The van der Waals surface area contributed by atoms with Crippen LogP contribution in [0.4, 0.5) is 5.69 Å². The van der Waals surface area contributed by atoms with Crippen LogP contribution in [0, 0.1) is 0 Å². The predicted molar refractivity (Wildman–Crippen MR) is 99.7 cm³/mol. The third-order valence-corrected chi connectivity index (χ3v) is 5.51. The summed E-state index contributed by atoms with van der Waals surface area (Å²) in [6, 6.07) is 9.08. The van der Waals surface area contributed by atoms with Gasteiger partial charge in [-0.05, 0) is 30.3 Å². The second-order valence-electron chi connectivity index (χ2n) is 4.95. The Balaban J connectivity index is 1.48. The predicted octanol–water partition coefficient (Wildman–Crippen LogP) is 4.36. The summed E-state index contributed by atoms with van der Waals surface area (Å²) in [7, 11) is 0. The largest absolute Gasteiger partial charge is 0.319 e. The first-order valence-electron chi connectivity index (χ1n) is 7.18. The van der Waals surface area contributed by atoms with Gasteiger partial charge in [0.15, 0.2) is 5.82 Å². The number of thiophene rings is 1. The van der Waals surface area contributed by atoms with Gasteiger partial charge in [-0.3, -0.25) is 4.79 Å². The van der Waals surface area contributed by atoms with E-state index in [1.54, 1.807) is 40.8 Å². The van der Waals surface area contributed by atoms with Crippen molar-refractivity contribution in [3.63, 3.8) is 0 Å². The van der Waals surface area contributed by atoms with Gasteiger partial charge >= 0.3 is 0 Å². The number of halogens is 1. The van der Waals surface area contributed by atoms with Gasteiger partial charge in [0, 0.05) is 17.8 Å². The molecule has 4 rings (SSSR count). The van der Waals surface area contributed by atoms with E-state index in [-0.39, 0.29) is 5.91 Å². The van der Waals surface area contributed by atoms with Crippen LogP contribution in [-0.4, -0.2) is 25.7 Å². The average molecular weight is 388 g/mol. The third kappa shape index (κ3) is 3.46. The molecule has 0 aliphatic rings. The van der Waals surface area contributed by atoms with Crippen LogP contribution in [0.1, 0.15) is 10.5 Å². The molecule has 0 spiro atoms. The van der Waals surface area contributed by atoms with Crippen molar-refractivity contribution in [1.29, 1.82) is 0 Å². The summed E-state index contributed by atoms with van der Waals surface area (Å²) < 4.78 is 2.34. The molecule has 0 radical (unpaired) electrons. The molecule has 0 bridgehead atoms. The number of aromatic nitrogens is 4. The third-order valence-electron chi connectivity index (χ3n) is 3.27. The maximum atomic E-state index is 12.3. The van der Waals surface area contributed by atoms with Gasteiger partial charge in [-0.25, -0.2) is 14.6 Å². The average Bonchev–Trinajstić information content (AvgIpc) is 3.36. The fraction of sp³-hybridized carbons (Fsp3) is 0. The second kappa shape index (κ2) is 6.75. The fourth-order valence-corrected chi connectivity index (χ4v) is 4.03. The minimum atomic E-state index is -0.279. The number of pyridine rings is 1. The summed E-state index contributed by atoms with van der Waals surface area (Å²) in [5.41, 5.74) is 0.954. The van der Waals surface area contributed by atoms with E-state index in [1.807, 2.05) is 18.2 Å². The Bertz CT molecular complexity index is 1010. The smallest absolute Gasteiger partial charge is 0.275 e. The van der Waals surface area contributed by atoms with E-state index in [9.17, 15) is 4.79 Å². The van der Waals surface area contributed by atoms with Gasteiger partial charge in [-0.15, -0.1) is 22.7 Å². The lowest BCUT2D eigenvalue weighted by atomic mass is 10.3. The Hall–Kier alpha value is -2.55. The van der Waals surface area contributed by atoms with Crippen molar-refractivity contribution in [1.82, 2.24) is 19.7 Å². The van der Waals surface area contributed by atoms with Crippen LogP contribution in [0.25, 0.3) is 15.7 Å². The molecule has 4 heterocycles. The van der Waals surface area contributed by atoms with Gasteiger partial charge in [0.05, 0.1) is 21.1 Å². The molecule has 9 heteroatoms. The molecule has 0 aliphatic heterocycles. The summed E-state index contributed by atoms with van der Waals surface area (Å²) in [6.07, 6.45) is 5.06. The zero-order chi connectivity index (χ0) is 17.2. The van der Waals surface area contributed by atoms with Crippen molar-refractivity contribution in [2.24, 2.45) is 0 Å². The van der Waals surface area contributed by atoms with E-state index in [4.69, 9.17) is 11.6 Å². The first-order valence-corrected chi connectivity index (χ1v) is 9.25. The van der Waals surface area contributed by atoms with Gasteiger partial charge in [0.2, 0.25) is 0 Å². The highest BCUT2D eigenvalue weighted by Crippen LogP contribution is 2.33. The highest BCUT2D eigenvalue weighted by atomic mass is 35.5. The Kier molecular flexibility index (Phi) is 4.31. The normalized spacial score (nSPS) is 10.8. The summed E-state index contributed by atoms with van der Waals surface area (Å²) in [5, 5.41) is 9.40. The van der Waals surface area contributed by atoms with Crippen molar-refractivity contribution >= 4 is 45.9 Å². The van der Waals surface area contributed by atoms with E-state index in [1.165, 1.54) is 22.7 Å². The lowest BCUT2D eigenvalue weighted by molar-refractivity contribution is 0.102. The monoisotopic (exact) mass is 387 g/mol. The number of hydrogen-bond donors (Lipinski definition) is 1. The van der Waals surface area contributed by atoms with Crippen LogP contribution in [0.3, 0.4) is 0 Å². The molecule has 25 heavy (non-hydrogen) atoms. The zero-order valence-corrected chi connectivity index (χ0v) is 15.0. The number of carbonyl (C=O) groups is 1. The molecule has 0 aromatic carbocycles. The van der Waals surface area contributed by atoms with E-state index < -0.39 is 0 Å². The number of carbonyl (C=O) groups excluding carboxylic acids is 1. The number of hydrogen-bond acceptors (Lipinski definition) is 6. The SMILES string of the molecule is O=C(Nc1ccc(-n2cccn2)nc1)c1csc(-c2ccc(Cl)s2)n1. The maximum absolute atomic E-state index is 12.3. The molecule has 4 aromatic rings. The van der Waals surface area contributed by atoms with Crippen LogP contribution in [0.2, 0.25) is 4.34 Å². The van der Waals surface area contributed by atoms with Gasteiger partial charge in [-0.1, -0.05) is 11.6 Å². The van der Waals surface area contributed by atoms with Crippen molar-refractivity contribution in [2.45, 2.75) is 0 Å². The summed E-state index contributed by atoms with van der Waals surface area (Å²) in [5.74, 6) is 0.396. The molecule has 0 saturated carbocycles. The van der Waals surface area contributed by atoms with Gasteiger partial charge in [0.25, 0.3) is 5.91 Å². The molecular formula is C16H10ClN5OS2. The molecule has 6 nitrogen and oxygen atoms in total. The van der Waals surface area contributed by atoms with Gasteiger partial charge < -0.3 is 5.32 Å². The van der Waals surface area contributed by atoms with E-state index in [2.05, 4.69) is 20.4 Å². The highest BCUT2D eigenvalue weighted by Gasteiger charge is 2.13. The first kappa shape index (κ1) is 15.9. The number of rotatable bonds is 4. The zero-order valence-electron chi connectivity index (χ0n) is 12.6. The Morgan fingerprint density at radius 2 is 2.16 bits per heavy atom. The van der Waals surface area contributed by atoms with E-state index in [0.717, 1.165) is 9.88 Å². The summed E-state index contributed by atoms with van der Waals surface area (Å²) in [6.45, 7) is 0. The Morgan fingerprint density at radius 1 is 1.24 bits per heavy atom. The summed E-state index contributed by atoms with van der Waals surface area (Å²) in [4.78, 5) is 21.9. The molecule has 1 N–H and O–H groups in total. The van der Waals surface area contributed by atoms with Gasteiger partial charge in [-0.2, -0.15) is 5.10 Å². The molecule has 1 amide bonds. The van der Waals surface area contributed by atoms with Crippen molar-refractivity contribution in [2.75, 3.05) is 5.32 Å². The van der Waals surface area contributed by atoms with Crippen LogP contribution >= 0.6 is 34.3 Å².